The Morgan fingerprint density at radius 2 is 1.71 bits per heavy atom. The van der Waals surface area contributed by atoms with Crippen molar-refractivity contribution in [2.45, 2.75) is 0 Å². The molecule has 0 aliphatic rings. The Hall–Kier alpha value is -3.32. The molecule has 0 spiro atoms. The summed E-state index contributed by atoms with van der Waals surface area (Å²) in [6.45, 7) is 0. The third-order valence-corrected chi connectivity index (χ3v) is 4.83. The third-order valence-electron chi connectivity index (χ3n) is 4.22. The number of halogens is 1. The number of nitrogens with zero attached hydrogens (tertiary/aromatic N) is 1. The topological polar surface area (TPSA) is 79.0 Å². The number of carbonyl (C=O) groups excluding carboxylic acids is 1. The molecule has 3 N–H and O–H groups in total. The van der Waals surface area contributed by atoms with Gasteiger partial charge in [-0.1, -0.05) is 12.1 Å². The highest BCUT2D eigenvalue weighted by Gasteiger charge is 2.08. The number of anilines is 2. The maximum Gasteiger partial charge on any atom is 0.323 e. The van der Waals surface area contributed by atoms with Crippen LogP contribution in [0.15, 0.2) is 71.2 Å². The molecule has 0 radical (unpaired) electrons. The maximum absolute atomic E-state index is 12.2. The van der Waals surface area contributed by atoms with Gasteiger partial charge in [-0.05, 0) is 70.5 Å². The van der Waals surface area contributed by atoms with E-state index in [0.29, 0.717) is 17.1 Å². The zero-order valence-corrected chi connectivity index (χ0v) is 16.6. The lowest BCUT2D eigenvalue weighted by Gasteiger charge is -2.10. The molecule has 0 saturated heterocycles. The van der Waals surface area contributed by atoms with Crippen molar-refractivity contribution in [1.82, 2.24) is 9.97 Å². The first-order chi connectivity index (χ1) is 13.6. The number of hydrogen-bond acceptors (Lipinski definition) is 3. The van der Waals surface area contributed by atoms with Crippen molar-refractivity contribution in [3.05, 3.63) is 71.2 Å². The van der Waals surface area contributed by atoms with Crippen molar-refractivity contribution in [2.24, 2.45) is 0 Å². The number of hydrogen-bond donors (Lipinski definition) is 3. The zero-order valence-electron chi connectivity index (χ0n) is 15.0. The number of urea groups is 1. The van der Waals surface area contributed by atoms with Gasteiger partial charge in [-0.3, -0.25) is 0 Å². The molecule has 1 heterocycles. The number of para-hydroxylation sites is 2. The maximum atomic E-state index is 12.2. The second kappa shape index (κ2) is 7.74. The summed E-state index contributed by atoms with van der Waals surface area (Å²) in [6.07, 6.45) is 0. The molecule has 3 aromatic carbocycles. The quantitative estimate of drug-likeness (QED) is 0.386. The largest absolute Gasteiger partial charge is 0.496 e. The smallest absolute Gasteiger partial charge is 0.323 e. The van der Waals surface area contributed by atoms with Crippen molar-refractivity contribution < 1.29 is 9.53 Å². The number of rotatable bonds is 4. The summed E-state index contributed by atoms with van der Waals surface area (Å²) in [4.78, 5) is 20.1. The van der Waals surface area contributed by atoms with E-state index in [4.69, 9.17) is 4.74 Å². The number of fused-ring (bicyclic) bond motifs is 1. The van der Waals surface area contributed by atoms with Gasteiger partial charge >= 0.3 is 6.03 Å². The number of amides is 2. The SMILES string of the molecule is COc1ccc(NC(=O)Nc2ccc(-c3nc4ccccc4[nH]3)cc2)cc1Br. The highest BCUT2D eigenvalue weighted by molar-refractivity contribution is 9.10. The van der Waals surface area contributed by atoms with Gasteiger partial charge in [0.05, 0.1) is 22.6 Å². The van der Waals surface area contributed by atoms with Gasteiger partial charge in [-0.15, -0.1) is 0 Å². The molecule has 0 fully saturated rings. The third kappa shape index (κ3) is 3.84. The highest BCUT2D eigenvalue weighted by atomic mass is 79.9. The normalized spacial score (nSPS) is 10.6. The Bertz CT molecular complexity index is 1110. The van der Waals surface area contributed by atoms with Crippen LogP contribution in [0.5, 0.6) is 5.75 Å². The first-order valence-electron chi connectivity index (χ1n) is 8.59. The molecule has 0 aliphatic heterocycles. The molecule has 2 amide bonds. The number of imidazole rings is 1. The lowest BCUT2D eigenvalue weighted by molar-refractivity contribution is 0.262. The van der Waals surface area contributed by atoms with Crippen molar-refractivity contribution in [2.75, 3.05) is 17.7 Å². The molecule has 6 nitrogen and oxygen atoms in total. The van der Waals surface area contributed by atoms with E-state index in [1.54, 1.807) is 25.3 Å². The molecule has 1 aromatic heterocycles. The molecule has 4 aromatic rings. The number of methoxy groups -OCH3 is 1. The Labute approximate surface area is 170 Å². The molecular formula is C21H17BrN4O2. The second-order valence-corrected chi connectivity index (χ2v) is 6.96. The molecule has 28 heavy (non-hydrogen) atoms. The number of benzene rings is 3. The fraction of sp³-hybridized carbons (Fsp3) is 0.0476. The van der Waals surface area contributed by atoms with Crippen molar-refractivity contribution in [3.63, 3.8) is 0 Å². The van der Waals surface area contributed by atoms with Crippen LogP contribution < -0.4 is 15.4 Å². The summed E-state index contributed by atoms with van der Waals surface area (Å²) in [7, 11) is 1.59. The van der Waals surface area contributed by atoms with E-state index in [2.05, 4.69) is 36.5 Å². The highest BCUT2D eigenvalue weighted by Crippen LogP contribution is 2.28. The van der Waals surface area contributed by atoms with E-state index >= 15 is 0 Å². The summed E-state index contributed by atoms with van der Waals surface area (Å²) < 4.78 is 5.95. The molecule has 0 aliphatic carbocycles. The number of aromatic nitrogens is 2. The Kier molecular flexibility index (Phi) is 4.99. The van der Waals surface area contributed by atoms with Gasteiger partial charge in [0.15, 0.2) is 0 Å². The summed E-state index contributed by atoms with van der Waals surface area (Å²) in [6, 6.07) is 20.4. The minimum atomic E-state index is -0.325. The van der Waals surface area contributed by atoms with Gasteiger partial charge in [0.2, 0.25) is 0 Å². The number of ether oxygens (including phenoxy) is 1. The number of nitrogens with one attached hydrogen (secondary N) is 3. The van der Waals surface area contributed by atoms with Crippen molar-refractivity contribution >= 4 is 44.4 Å². The van der Waals surface area contributed by atoms with Gasteiger partial charge in [-0.25, -0.2) is 9.78 Å². The Morgan fingerprint density at radius 3 is 2.43 bits per heavy atom. The summed E-state index contributed by atoms with van der Waals surface area (Å²) in [5.41, 5.74) is 4.20. The summed E-state index contributed by atoms with van der Waals surface area (Å²) in [5, 5.41) is 5.61. The molecular weight excluding hydrogens is 420 g/mol. The molecule has 0 bridgehead atoms. The van der Waals surface area contributed by atoms with Crippen molar-refractivity contribution in [3.8, 4) is 17.1 Å². The Balaban J connectivity index is 1.44. The molecule has 0 unspecified atom stereocenters. The number of aromatic amines is 1. The van der Waals surface area contributed by atoms with Gasteiger partial charge in [0.25, 0.3) is 0 Å². The lowest BCUT2D eigenvalue weighted by atomic mass is 10.2. The number of carbonyl (C=O) groups is 1. The summed E-state index contributed by atoms with van der Waals surface area (Å²) in [5.74, 6) is 1.49. The number of H-pyrrole nitrogens is 1. The van der Waals surface area contributed by atoms with Crippen LogP contribution in [0.4, 0.5) is 16.2 Å². The zero-order chi connectivity index (χ0) is 19.5. The van der Waals surface area contributed by atoms with Gasteiger partial charge in [0.1, 0.15) is 11.6 Å². The van der Waals surface area contributed by atoms with E-state index in [0.717, 1.165) is 26.9 Å². The van der Waals surface area contributed by atoms with Crippen LogP contribution >= 0.6 is 15.9 Å². The van der Waals surface area contributed by atoms with Crippen LogP contribution in [-0.2, 0) is 0 Å². The molecule has 0 atom stereocenters. The molecule has 4 rings (SSSR count). The average molecular weight is 437 g/mol. The lowest BCUT2D eigenvalue weighted by Crippen LogP contribution is -2.19. The molecule has 0 saturated carbocycles. The van der Waals surface area contributed by atoms with Gasteiger partial charge in [0, 0.05) is 16.9 Å². The van der Waals surface area contributed by atoms with E-state index in [-0.39, 0.29) is 6.03 Å². The van der Waals surface area contributed by atoms with Crippen LogP contribution in [0.2, 0.25) is 0 Å². The van der Waals surface area contributed by atoms with Gasteiger partial charge < -0.3 is 20.4 Å². The van der Waals surface area contributed by atoms with Crippen LogP contribution in [0.25, 0.3) is 22.4 Å². The van der Waals surface area contributed by atoms with E-state index < -0.39 is 0 Å². The molecule has 7 heteroatoms. The van der Waals surface area contributed by atoms with E-state index in [1.165, 1.54) is 0 Å². The first-order valence-corrected chi connectivity index (χ1v) is 9.38. The average Bonchev–Trinajstić information content (AvgIpc) is 3.13. The monoisotopic (exact) mass is 436 g/mol. The minimum absolute atomic E-state index is 0.325. The van der Waals surface area contributed by atoms with Gasteiger partial charge in [-0.2, -0.15) is 0 Å². The van der Waals surface area contributed by atoms with Crippen LogP contribution in [0.1, 0.15) is 0 Å². The van der Waals surface area contributed by atoms with Crippen LogP contribution in [-0.4, -0.2) is 23.1 Å². The van der Waals surface area contributed by atoms with E-state index in [1.807, 2.05) is 48.5 Å². The predicted molar refractivity (Wildman–Crippen MR) is 115 cm³/mol. The van der Waals surface area contributed by atoms with Crippen LogP contribution in [0, 0.1) is 0 Å². The first kappa shape index (κ1) is 18.1. The van der Waals surface area contributed by atoms with Crippen LogP contribution in [0.3, 0.4) is 0 Å². The standard InChI is InChI=1S/C21H17BrN4O2/c1-28-19-11-10-15(12-16(19)22)24-21(27)23-14-8-6-13(7-9-14)20-25-17-4-2-3-5-18(17)26-20/h2-12H,1H3,(H,25,26)(H2,23,24,27). The summed E-state index contributed by atoms with van der Waals surface area (Å²) >= 11 is 3.40. The molecule has 140 valence electrons. The van der Waals surface area contributed by atoms with Crippen molar-refractivity contribution in [1.29, 1.82) is 0 Å². The predicted octanol–water partition coefficient (Wildman–Crippen LogP) is 5.65. The second-order valence-electron chi connectivity index (χ2n) is 6.11. The fourth-order valence-corrected chi connectivity index (χ4v) is 3.38. The fourth-order valence-electron chi connectivity index (χ4n) is 2.84. The Morgan fingerprint density at radius 1 is 1.00 bits per heavy atom. The van der Waals surface area contributed by atoms with E-state index in [9.17, 15) is 4.79 Å². The minimum Gasteiger partial charge on any atom is -0.496 e.